The number of aromatic nitrogens is 1. The number of aliphatic hydroxyl groups is 1. The van der Waals surface area contributed by atoms with E-state index in [1.54, 1.807) is 43.6 Å². The summed E-state index contributed by atoms with van der Waals surface area (Å²) >= 11 is 0. The molecule has 0 saturated heterocycles. The van der Waals surface area contributed by atoms with Gasteiger partial charge in [0.25, 0.3) is 0 Å². The number of benzene rings is 2. The number of hydrogen-bond acceptors (Lipinski definition) is 5. The second-order valence-electron chi connectivity index (χ2n) is 6.34. The predicted octanol–water partition coefficient (Wildman–Crippen LogP) is 5.26. The van der Waals surface area contributed by atoms with Gasteiger partial charge in [0.1, 0.15) is 17.1 Å². The molecule has 0 amide bonds. The van der Waals surface area contributed by atoms with Crippen molar-refractivity contribution in [3.05, 3.63) is 91.3 Å². The van der Waals surface area contributed by atoms with E-state index >= 15 is 0 Å². The zero-order valence-electron chi connectivity index (χ0n) is 16.8. The van der Waals surface area contributed by atoms with Crippen LogP contribution in [0.4, 0.5) is 11.4 Å². The van der Waals surface area contributed by atoms with E-state index in [9.17, 15) is 10.2 Å². The Balaban J connectivity index is 0.000000322. The largest absolute Gasteiger partial charge is 0.506 e. The van der Waals surface area contributed by atoms with Crippen LogP contribution in [0.1, 0.15) is 12.5 Å². The van der Waals surface area contributed by atoms with Crippen LogP contribution in [0, 0.1) is 0 Å². The molecule has 7 nitrogen and oxygen atoms in total. The summed E-state index contributed by atoms with van der Waals surface area (Å²) in [6.45, 7) is 5.37. The summed E-state index contributed by atoms with van der Waals surface area (Å²) in [6.07, 6.45) is 5.29. The van der Waals surface area contributed by atoms with Crippen LogP contribution in [0.15, 0.2) is 101 Å². The van der Waals surface area contributed by atoms with Crippen molar-refractivity contribution in [2.45, 2.75) is 13.0 Å². The van der Waals surface area contributed by atoms with Crippen LogP contribution < -0.4 is 0 Å². The summed E-state index contributed by atoms with van der Waals surface area (Å²) in [5, 5.41) is 32.4. The predicted molar refractivity (Wildman–Crippen MR) is 118 cm³/mol. The first kappa shape index (κ1) is 23.8. The van der Waals surface area contributed by atoms with E-state index in [0.717, 1.165) is 11.3 Å². The monoisotopic (exact) mass is 506 g/mol. The van der Waals surface area contributed by atoms with Gasteiger partial charge in [0.15, 0.2) is 0 Å². The quantitative estimate of drug-likeness (QED) is 0.287. The SMILES string of the molecule is C=Cc1ccncc1.CC1=N[N+](c2ccccc2)=C(O)C1N=Nc1ccccc1O.[Pd]. The van der Waals surface area contributed by atoms with Crippen molar-refractivity contribution in [2.24, 2.45) is 15.3 Å². The minimum atomic E-state index is -0.653. The third-order valence-electron chi connectivity index (χ3n) is 4.22. The third-order valence-corrected chi connectivity index (χ3v) is 4.22. The smallest absolute Gasteiger partial charge is 0.404 e. The molecule has 2 N–H and O–H groups in total. The summed E-state index contributed by atoms with van der Waals surface area (Å²) in [5.74, 6) is 0.0288. The summed E-state index contributed by atoms with van der Waals surface area (Å²) < 4.78 is 1.43. The molecule has 0 bridgehead atoms. The molecule has 8 heteroatoms. The van der Waals surface area contributed by atoms with E-state index in [4.69, 9.17) is 0 Å². The average Bonchev–Trinajstić information content (AvgIpc) is 3.08. The summed E-state index contributed by atoms with van der Waals surface area (Å²) in [5.41, 5.74) is 2.83. The Bertz CT molecular complexity index is 1100. The first-order valence-electron chi connectivity index (χ1n) is 9.27. The third kappa shape index (κ3) is 6.25. The second-order valence-corrected chi connectivity index (χ2v) is 6.34. The molecule has 1 unspecified atom stereocenters. The maximum absolute atomic E-state index is 10.3. The second kappa shape index (κ2) is 11.6. The number of pyridine rings is 1. The molecule has 1 aliphatic rings. The number of hydrazone groups is 1. The minimum Gasteiger partial charge on any atom is -0.506 e. The number of nitrogens with zero attached hydrogens (tertiary/aromatic N) is 5. The first-order chi connectivity index (χ1) is 14.6. The van der Waals surface area contributed by atoms with Crippen molar-refractivity contribution >= 4 is 29.1 Å². The molecule has 4 rings (SSSR count). The van der Waals surface area contributed by atoms with Crippen LogP contribution in [-0.2, 0) is 20.4 Å². The Kier molecular flexibility index (Phi) is 8.95. The number of azo groups is 1. The Hall–Kier alpha value is -3.47. The minimum absolute atomic E-state index is 0. The molecule has 160 valence electrons. The van der Waals surface area contributed by atoms with Gasteiger partial charge in [-0.2, -0.15) is 10.2 Å². The van der Waals surface area contributed by atoms with Crippen molar-refractivity contribution < 1.29 is 35.3 Å². The fraction of sp³-hybridized carbons (Fsp3) is 0.0870. The Morgan fingerprint density at radius 1 is 0.968 bits per heavy atom. The van der Waals surface area contributed by atoms with Gasteiger partial charge in [0.05, 0.1) is 0 Å². The van der Waals surface area contributed by atoms with Gasteiger partial charge in [-0.15, -0.1) is 0 Å². The molecule has 31 heavy (non-hydrogen) atoms. The number of hydrogen-bond donors (Lipinski definition) is 2. The van der Waals surface area contributed by atoms with Gasteiger partial charge in [-0.1, -0.05) is 43.0 Å². The van der Waals surface area contributed by atoms with Crippen LogP contribution in [0.3, 0.4) is 0 Å². The van der Waals surface area contributed by atoms with E-state index in [1.807, 2.05) is 42.5 Å². The van der Waals surface area contributed by atoms with Gasteiger partial charge < -0.3 is 10.2 Å². The number of phenolic OH excluding ortho intramolecular Hbond substituents is 1. The maximum Gasteiger partial charge on any atom is 0.404 e. The van der Waals surface area contributed by atoms with Crippen LogP contribution >= 0.6 is 0 Å². The van der Waals surface area contributed by atoms with Crippen LogP contribution in [0.5, 0.6) is 5.75 Å². The van der Waals surface area contributed by atoms with Crippen molar-refractivity contribution in [1.82, 2.24) is 4.98 Å². The van der Waals surface area contributed by atoms with E-state index in [1.165, 1.54) is 10.8 Å². The molecule has 1 aromatic heterocycles. The fourth-order valence-electron chi connectivity index (χ4n) is 2.63. The molecule has 1 aliphatic heterocycles. The zero-order valence-corrected chi connectivity index (χ0v) is 18.4. The fourth-order valence-corrected chi connectivity index (χ4v) is 2.63. The number of para-hydroxylation sites is 2. The van der Waals surface area contributed by atoms with Gasteiger partial charge in [-0.3, -0.25) is 4.98 Å². The Morgan fingerprint density at radius 2 is 1.61 bits per heavy atom. The Labute approximate surface area is 194 Å². The molecule has 0 radical (unpaired) electrons. The summed E-state index contributed by atoms with van der Waals surface area (Å²) in [7, 11) is 0. The van der Waals surface area contributed by atoms with Gasteiger partial charge in [0.2, 0.25) is 11.7 Å². The van der Waals surface area contributed by atoms with Gasteiger partial charge >= 0.3 is 5.90 Å². The molecule has 1 atom stereocenters. The number of aliphatic hydroxyl groups excluding tert-OH is 1. The maximum atomic E-state index is 10.3. The molecule has 0 saturated carbocycles. The molecule has 0 spiro atoms. The van der Waals surface area contributed by atoms with Crippen molar-refractivity contribution in [1.29, 1.82) is 0 Å². The number of aromatic hydroxyl groups is 1. The van der Waals surface area contributed by atoms with Crippen LogP contribution in [0.25, 0.3) is 6.08 Å². The van der Waals surface area contributed by atoms with Crippen molar-refractivity contribution in [3.63, 3.8) is 0 Å². The van der Waals surface area contributed by atoms with Crippen molar-refractivity contribution in [3.8, 4) is 5.75 Å². The molecule has 2 aromatic carbocycles. The van der Waals surface area contributed by atoms with E-state index in [2.05, 4.69) is 26.9 Å². The van der Waals surface area contributed by atoms with E-state index in [-0.39, 0.29) is 32.1 Å². The van der Waals surface area contributed by atoms with Gasteiger partial charge in [-0.25, -0.2) is 0 Å². The van der Waals surface area contributed by atoms with Crippen LogP contribution in [0.2, 0.25) is 0 Å². The van der Waals surface area contributed by atoms with Crippen LogP contribution in [-0.4, -0.2) is 37.5 Å². The zero-order chi connectivity index (χ0) is 21.3. The Morgan fingerprint density at radius 3 is 2.23 bits per heavy atom. The summed E-state index contributed by atoms with van der Waals surface area (Å²) in [4.78, 5) is 3.85. The first-order valence-corrected chi connectivity index (χ1v) is 9.27. The molecule has 2 heterocycles. The van der Waals surface area contributed by atoms with E-state index in [0.29, 0.717) is 11.4 Å². The van der Waals surface area contributed by atoms with Gasteiger partial charge in [-0.05, 0) is 41.4 Å². The number of phenols is 1. The van der Waals surface area contributed by atoms with Gasteiger partial charge in [0, 0.05) is 50.1 Å². The van der Waals surface area contributed by atoms with Crippen molar-refractivity contribution in [2.75, 3.05) is 0 Å². The molecular formula is C23H22N5O2Pd+. The topological polar surface area (TPSA) is 93.4 Å². The normalized spacial score (nSPS) is 15.0. The molecular weight excluding hydrogens is 485 g/mol. The molecule has 3 aromatic rings. The van der Waals surface area contributed by atoms with E-state index < -0.39 is 6.04 Å². The molecule has 0 fully saturated rings. The standard InChI is InChI=1S/C16H14N4O2.C7H7N.Pd/c1-11-15(18-17-13-9-5-6-10-14(13)21)16(22)20(19-11)12-7-3-2-4-8-12;1-2-7-3-5-8-6-4-7;/h2-10,15H,1H3,(H,18,21);2-6H,1H2;/p+1. The average molecular weight is 507 g/mol. The number of rotatable bonds is 4. The molecule has 0 aliphatic carbocycles. The summed E-state index contributed by atoms with van der Waals surface area (Å²) in [6, 6.07) is 19.1.